The van der Waals surface area contributed by atoms with Gasteiger partial charge in [0.15, 0.2) is 0 Å². The van der Waals surface area contributed by atoms with Crippen LogP contribution in [0, 0.1) is 0 Å². The molecule has 0 unspecified atom stereocenters. The van der Waals surface area contributed by atoms with Crippen LogP contribution in [0.25, 0.3) is 0 Å². The van der Waals surface area contributed by atoms with Gasteiger partial charge in [-0.25, -0.2) is 14.8 Å². The maximum atomic E-state index is 13.0. The summed E-state index contributed by atoms with van der Waals surface area (Å²) in [4.78, 5) is 37.5. The number of esters is 1. The summed E-state index contributed by atoms with van der Waals surface area (Å²) in [6, 6.07) is 8.91. The first-order valence-electron chi connectivity index (χ1n) is 9.01. The fourth-order valence-corrected chi connectivity index (χ4v) is 3.30. The summed E-state index contributed by atoms with van der Waals surface area (Å²) in [5.41, 5.74) is 3.34. The maximum Gasteiger partial charge on any atom is 0.354 e. The molecule has 1 atom stereocenters. The fraction of sp³-hybridized carbons (Fsp3) is 0.474. The van der Waals surface area contributed by atoms with E-state index in [1.165, 1.54) is 5.01 Å². The predicted molar refractivity (Wildman–Crippen MR) is 98.1 cm³/mol. The van der Waals surface area contributed by atoms with Crippen LogP contribution in [0.1, 0.15) is 39.2 Å². The largest absolute Gasteiger partial charge is 0.461 e. The van der Waals surface area contributed by atoms with Crippen molar-refractivity contribution in [2.75, 3.05) is 6.61 Å². The molecule has 0 spiro atoms. The van der Waals surface area contributed by atoms with Gasteiger partial charge < -0.3 is 4.74 Å². The van der Waals surface area contributed by atoms with Crippen LogP contribution in [0.15, 0.2) is 35.4 Å². The zero-order valence-electron chi connectivity index (χ0n) is 15.8. The smallest absolute Gasteiger partial charge is 0.354 e. The predicted octanol–water partition coefficient (Wildman–Crippen LogP) is 1.22. The maximum absolute atomic E-state index is 13.0. The number of amides is 2. The molecule has 2 aliphatic rings. The van der Waals surface area contributed by atoms with Crippen molar-refractivity contribution in [3.8, 4) is 0 Å². The van der Waals surface area contributed by atoms with Gasteiger partial charge in [0, 0.05) is 24.9 Å². The van der Waals surface area contributed by atoms with Crippen molar-refractivity contribution in [2.24, 2.45) is 5.10 Å². The topological polar surface area (TPSA) is 91.3 Å². The highest BCUT2D eigenvalue weighted by Gasteiger charge is 2.49. The molecule has 2 aliphatic heterocycles. The highest BCUT2D eigenvalue weighted by atomic mass is 16.5. The SMILES string of the molecule is CCOC(=O)C1=NN[C@@H](C(=O)N2C(=O)CC(C)(C)N2Cc2ccccc2)C1. The van der Waals surface area contributed by atoms with Gasteiger partial charge in [-0.2, -0.15) is 5.10 Å². The molecular weight excluding hydrogens is 348 g/mol. The minimum Gasteiger partial charge on any atom is -0.461 e. The van der Waals surface area contributed by atoms with Gasteiger partial charge in [-0.05, 0) is 26.3 Å². The van der Waals surface area contributed by atoms with Crippen molar-refractivity contribution in [3.05, 3.63) is 35.9 Å². The molecule has 8 heteroatoms. The molecule has 2 amide bonds. The molecule has 0 aromatic heterocycles. The van der Waals surface area contributed by atoms with Crippen LogP contribution in [0.2, 0.25) is 0 Å². The molecule has 0 saturated carbocycles. The van der Waals surface area contributed by atoms with Gasteiger partial charge in [-0.1, -0.05) is 30.3 Å². The lowest BCUT2D eigenvalue weighted by Crippen LogP contribution is -2.54. The Morgan fingerprint density at radius 3 is 2.67 bits per heavy atom. The summed E-state index contributed by atoms with van der Waals surface area (Å²) in [6.07, 6.45) is 0.338. The zero-order chi connectivity index (χ0) is 19.6. The molecule has 1 aromatic carbocycles. The fourth-order valence-electron chi connectivity index (χ4n) is 3.30. The van der Waals surface area contributed by atoms with Crippen LogP contribution in [-0.4, -0.2) is 51.7 Å². The molecule has 1 fully saturated rings. The van der Waals surface area contributed by atoms with Gasteiger partial charge in [-0.3, -0.25) is 15.0 Å². The summed E-state index contributed by atoms with van der Waals surface area (Å²) in [5, 5.41) is 6.90. The molecule has 0 aliphatic carbocycles. The highest BCUT2D eigenvalue weighted by Crippen LogP contribution is 2.32. The Hall–Kier alpha value is -2.74. The third-order valence-corrected chi connectivity index (χ3v) is 4.71. The zero-order valence-corrected chi connectivity index (χ0v) is 15.8. The average molecular weight is 372 g/mol. The number of hydrogen-bond donors (Lipinski definition) is 1. The van der Waals surface area contributed by atoms with Crippen LogP contribution in [0.3, 0.4) is 0 Å². The van der Waals surface area contributed by atoms with E-state index in [-0.39, 0.29) is 31.1 Å². The molecule has 0 radical (unpaired) electrons. The first-order valence-corrected chi connectivity index (χ1v) is 9.01. The Labute approximate surface area is 158 Å². The molecule has 1 N–H and O–H groups in total. The van der Waals surface area contributed by atoms with E-state index in [9.17, 15) is 14.4 Å². The van der Waals surface area contributed by atoms with Crippen molar-refractivity contribution in [2.45, 2.75) is 51.7 Å². The van der Waals surface area contributed by atoms with E-state index in [0.717, 1.165) is 5.56 Å². The standard InChI is InChI=1S/C19H24N4O4/c1-4-27-18(26)15-10-14(20-21-15)17(25)23-16(24)11-19(2,3)22(23)12-13-8-6-5-7-9-13/h5-9,14,20H,4,10-12H2,1-3H3/t14-/m1/s1. The van der Waals surface area contributed by atoms with Crippen molar-refractivity contribution < 1.29 is 19.1 Å². The number of nitrogens with one attached hydrogen (secondary N) is 1. The number of benzene rings is 1. The number of imide groups is 1. The summed E-state index contributed by atoms with van der Waals surface area (Å²) >= 11 is 0. The highest BCUT2D eigenvalue weighted by molar-refractivity contribution is 6.37. The molecule has 8 nitrogen and oxygen atoms in total. The molecule has 1 saturated heterocycles. The van der Waals surface area contributed by atoms with Gasteiger partial charge in [-0.15, -0.1) is 0 Å². The number of rotatable bonds is 5. The Balaban J connectivity index is 1.76. The van der Waals surface area contributed by atoms with Crippen LogP contribution in [0.4, 0.5) is 0 Å². The Morgan fingerprint density at radius 1 is 1.30 bits per heavy atom. The van der Waals surface area contributed by atoms with Crippen LogP contribution < -0.4 is 5.43 Å². The molecular formula is C19H24N4O4. The van der Waals surface area contributed by atoms with Gasteiger partial charge in [0.05, 0.1) is 6.61 Å². The molecule has 0 bridgehead atoms. The lowest BCUT2D eigenvalue weighted by molar-refractivity contribution is -0.162. The second-order valence-corrected chi connectivity index (χ2v) is 7.24. The van der Waals surface area contributed by atoms with E-state index >= 15 is 0 Å². The Morgan fingerprint density at radius 2 is 2.00 bits per heavy atom. The Kier molecular flexibility index (Phi) is 5.27. The second-order valence-electron chi connectivity index (χ2n) is 7.24. The van der Waals surface area contributed by atoms with Gasteiger partial charge in [0.2, 0.25) is 5.91 Å². The monoisotopic (exact) mass is 372 g/mol. The van der Waals surface area contributed by atoms with Crippen molar-refractivity contribution in [1.29, 1.82) is 0 Å². The number of ether oxygens (including phenoxy) is 1. The van der Waals surface area contributed by atoms with Crippen LogP contribution in [0.5, 0.6) is 0 Å². The average Bonchev–Trinajstić information content (AvgIpc) is 3.19. The van der Waals surface area contributed by atoms with Crippen LogP contribution >= 0.6 is 0 Å². The molecule has 3 rings (SSSR count). The summed E-state index contributed by atoms with van der Waals surface area (Å²) in [5.74, 6) is -1.22. The van der Waals surface area contributed by atoms with Crippen LogP contribution in [-0.2, 0) is 25.7 Å². The lowest BCUT2D eigenvalue weighted by Gasteiger charge is -2.36. The summed E-state index contributed by atoms with van der Waals surface area (Å²) in [6.45, 7) is 6.24. The van der Waals surface area contributed by atoms with Gasteiger partial charge in [0.25, 0.3) is 5.91 Å². The first-order chi connectivity index (χ1) is 12.8. The third-order valence-electron chi connectivity index (χ3n) is 4.71. The number of hydrazone groups is 1. The molecule has 1 aromatic rings. The summed E-state index contributed by atoms with van der Waals surface area (Å²) < 4.78 is 4.92. The number of hydrogen-bond acceptors (Lipinski definition) is 7. The van der Waals surface area contributed by atoms with Gasteiger partial charge in [0.1, 0.15) is 11.8 Å². The minimum atomic E-state index is -0.763. The van der Waals surface area contributed by atoms with E-state index in [1.807, 2.05) is 44.2 Å². The Bertz CT molecular complexity index is 775. The third kappa shape index (κ3) is 3.85. The quantitative estimate of drug-likeness (QED) is 0.617. The molecule has 27 heavy (non-hydrogen) atoms. The van der Waals surface area contributed by atoms with E-state index in [2.05, 4.69) is 10.5 Å². The van der Waals surface area contributed by atoms with Crippen molar-refractivity contribution in [3.63, 3.8) is 0 Å². The molecule has 144 valence electrons. The number of hydrazine groups is 1. The van der Waals surface area contributed by atoms with Crippen molar-refractivity contribution >= 4 is 23.5 Å². The summed E-state index contributed by atoms with van der Waals surface area (Å²) in [7, 11) is 0. The van der Waals surface area contributed by atoms with E-state index in [4.69, 9.17) is 4.74 Å². The van der Waals surface area contributed by atoms with E-state index < -0.39 is 23.5 Å². The van der Waals surface area contributed by atoms with Gasteiger partial charge >= 0.3 is 5.97 Å². The number of carbonyl (C=O) groups excluding carboxylic acids is 3. The van der Waals surface area contributed by atoms with E-state index in [0.29, 0.717) is 6.54 Å². The molecule has 2 heterocycles. The van der Waals surface area contributed by atoms with Crippen molar-refractivity contribution in [1.82, 2.24) is 15.4 Å². The number of nitrogens with zero attached hydrogens (tertiary/aromatic N) is 3. The number of carbonyl (C=O) groups is 3. The second kappa shape index (κ2) is 7.48. The van der Waals surface area contributed by atoms with E-state index in [1.54, 1.807) is 11.9 Å². The normalized spacial score (nSPS) is 21.7. The first kappa shape index (κ1) is 19.0. The lowest BCUT2D eigenvalue weighted by atomic mass is 10.0. The minimum absolute atomic E-state index is 0.0983.